The fourth-order valence-electron chi connectivity index (χ4n) is 1.12. The molecule has 4 nitrogen and oxygen atoms in total. The van der Waals surface area contributed by atoms with E-state index in [0.717, 1.165) is 11.5 Å². The standard InChI is InChI=1S/C10H8FN3OS/c1-6-12-10(16-14-6)13-9(15)7-2-4-8(11)5-3-7/h2-5H,1H3,(H,12,13,14,15). The smallest absolute Gasteiger partial charge is 0.257 e. The number of benzene rings is 1. The van der Waals surface area contributed by atoms with E-state index in [1.807, 2.05) is 0 Å². The molecule has 2 rings (SSSR count). The number of amides is 1. The molecule has 1 heterocycles. The van der Waals surface area contributed by atoms with E-state index in [0.29, 0.717) is 16.5 Å². The monoisotopic (exact) mass is 237 g/mol. The number of nitrogens with zero attached hydrogens (tertiary/aromatic N) is 2. The molecule has 0 aliphatic rings. The average Bonchev–Trinajstić information content (AvgIpc) is 2.65. The van der Waals surface area contributed by atoms with E-state index in [1.54, 1.807) is 6.92 Å². The van der Waals surface area contributed by atoms with Crippen molar-refractivity contribution >= 4 is 22.6 Å². The Morgan fingerprint density at radius 2 is 2.06 bits per heavy atom. The summed E-state index contributed by atoms with van der Waals surface area (Å²) in [7, 11) is 0. The van der Waals surface area contributed by atoms with Crippen LogP contribution in [0.2, 0.25) is 0 Å². The molecule has 0 spiro atoms. The van der Waals surface area contributed by atoms with Crippen molar-refractivity contribution in [2.75, 3.05) is 5.32 Å². The van der Waals surface area contributed by atoms with Gasteiger partial charge >= 0.3 is 0 Å². The Labute approximate surface area is 95.3 Å². The molecule has 0 radical (unpaired) electrons. The zero-order valence-corrected chi connectivity index (χ0v) is 9.21. The highest BCUT2D eigenvalue weighted by Gasteiger charge is 2.08. The molecule has 82 valence electrons. The van der Waals surface area contributed by atoms with Crippen molar-refractivity contribution in [2.24, 2.45) is 0 Å². The molecular weight excluding hydrogens is 229 g/mol. The van der Waals surface area contributed by atoms with Crippen LogP contribution in [0, 0.1) is 12.7 Å². The van der Waals surface area contributed by atoms with E-state index < -0.39 is 0 Å². The molecule has 0 aliphatic heterocycles. The highest BCUT2D eigenvalue weighted by atomic mass is 32.1. The lowest BCUT2D eigenvalue weighted by Gasteiger charge is -2.00. The number of hydrogen-bond donors (Lipinski definition) is 1. The predicted molar refractivity (Wildman–Crippen MR) is 59.0 cm³/mol. The van der Waals surface area contributed by atoms with Gasteiger partial charge in [-0.2, -0.15) is 4.37 Å². The third-order valence-electron chi connectivity index (χ3n) is 1.85. The Kier molecular flexibility index (Phi) is 2.91. The number of aromatic nitrogens is 2. The number of anilines is 1. The molecule has 1 aromatic carbocycles. The van der Waals surface area contributed by atoms with Gasteiger partial charge in [0.05, 0.1) is 0 Å². The molecule has 1 aromatic heterocycles. The normalized spacial score (nSPS) is 10.1. The summed E-state index contributed by atoms with van der Waals surface area (Å²) in [6, 6.07) is 5.30. The molecule has 0 saturated carbocycles. The third kappa shape index (κ3) is 2.40. The van der Waals surface area contributed by atoms with Crippen LogP contribution in [-0.2, 0) is 0 Å². The quantitative estimate of drug-likeness (QED) is 0.871. The molecule has 2 aromatic rings. The second-order valence-corrected chi connectivity index (χ2v) is 3.86. The van der Waals surface area contributed by atoms with Crippen LogP contribution in [0.3, 0.4) is 0 Å². The zero-order valence-electron chi connectivity index (χ0n) is 8.40. The summed E-state index contributed by atoms with van der Waals surface area (Å²) in [6.07, 6.45) is 0. The number of carbonyl (C=O) groups excluding carboxylic acids is 1. The Bertz CT molecular complexity index is 509. The molecule has 0 fully saturated rings. The Morgan fingerprint density at radius 1 is 1.38 bits per heavy atom. The van der Waals surface area contributed by atoms with Crippen LogP contribution in [-0.4, -0.2) is 15.3 Å². The van der Waals surface area contributed by atoms with Crippen LogP contribution < -0.4 is 5.32 Å². The van der Waals surface area contributed by atoms with Crippen molar-refractivity contribution in [3.63, 3.8) is 0 Å². The van der Waals surface area contributed by atoms with Gasteiger partial charge in [-0.1, -0.05) is 0 Å². The van der Waals surface area contributed by atoms with Crippen molar-refractivity contribution in [1.82, 2.24) is 9.36 Å². The minimum absolute atomic E-state index is 0.323. The Hall–Kier alpha value is -1.82. The second kappa shape index (κ2) is 4.36. The van der Waals surface area contributed by atoms with Crippen molar-refractivity contribution in [2.45, 2.75) is 6.92 Å². The Balaban J connectivity index is 2.11. The maximum atomic E-state index is 12.6. The molecule has 1 amide bonds. The van der Waals surface area contributed by atoms with Gasteiger partial charge in [0.25, 0.3) is 5.91 Å². The second-order valence-electron chi connectivity index (χ2n) is 3.11. The number of aryl methyl sites for hydroxylation is 1. The lowest BCUT2D eigenvalue weighted by molar-refractivity contribution is 0.102. The highest BCUT2D eigenvalue weighted by Crippen LogP contribution is 2.12. The van der Waals surface area contributed by atoms with Gasteiger partial charge in [0.2, 0.25) is 5.13 Å². The number of halogens is 1. The summed E-state index contributed by atoms with van der Waals surface area (Å²) in [5.41, 5.74) is 0.384. The molecule has 6 heteroatoms. The summed E-state index contributed by atoms with van der Waals surface area (Å²) in [6.45, 7) is 1.74. The summed E-state index contributed by atoms with van der Waals surface area (Å²) in [5.74, 6) is -0.0844. The van der Waals surface area contributed by atoms with Crippen LogP contribution in [0.4, 0.5) is 9.52 Å². The van der Waals surface area contributed by atoms with Crippen molar-refractivity contribution < 1.29 is 9.18 Å². The molecule has 0 aliphatic carbocycles. The van der Waals surface area contributed by atoms with E-state index in [-0.39, 0.29) is 11.7 Å². The third-order valence-corrected chi connectivity index (χ3v) is 2.58. The average molecular weight is 237 g/mol. The first-order valence-electron chi connectivity index (χ1n) is 4.52. The van der Waals surface area contributed by atoms with E-state index in [4.69, 9.17) is 0 Å². The zero-order chi connectivity index (χ0) is 11.5. The predicted octanol–water partition coefficient (Wildman–Crippen LogP) is 2.24. The largest absolute Gasteiger partial charge is 0.297 e. The Morgan fingerprint density at radius 3 is 2.62 bits per heavy atom. The summed E-state index contributed by atoms with van der Waals surface area (Å²) in [4.78, 5) is 15.6. The minimum atomic E-state index is -0.372. The van der Waals surface area contributed by atoms with Gasteiger partial charge in [0, 0.05) is 17.1 Å². The van der Waals surface area contributed by atoms with E-state index in [1.165, 1.54) is 24.3 Å². The number of carbonyl (C=O) groups is 1. The van der Waals surface area contributed by atoms with Gasteiger partial charge in [-0.25, -0.2) is 9.37 Å². The summed E-state index contributed by atoms with van der Waals surface area (Å²) in [5, 5.41) is 3.02. The molecule has 16 heavy (non-hydrogen) atoms. The van der Waals surface area contributed by atoms with Crippen LogP contribution in [0.5, 0.6) is 0 Å². The van der Waals surface area contributed by atoms with Crippen molar-refractivity contribution in [3.05, 3.63) is 41.5 Å². The van der Waals surface area contributed by atoms with Crippen LogP contribution in [0.15, 0.2) is 24.3 Å². The molecule has 1 N–H and O–H groups in total. The van der Waals surface area contributed by atoms with Gasteiger partial charge in [-0.3, -0.25) is 10.1 Å². The molecule has 0 unspecified atom stereocenters. The maximum Gasteiger partial charge on any atom is 0.257 e. The maximum absolute atomic E-state index is 12.6. The molecule has 0 bridgehead atoms. The first-order valence-corrected chi connectivity index (χ1v) is 5.30. The molecular formula is C10H8FN3OS. The topological polar surface area (TPSA) is 54.9 Å². The first kappa shape index (κ1) is 10.7. The van der Waals surface area contributed by atoms with Gasteiger partial charge in [0.1, 0.15) is 11.6 Å². The van der Waals surface area contributed by atoms with Crippen LogP contribution in [0.25, 0.3) is 0 Å². The van der Waals surface area contributed by atoms with E-state index >= 15 is 0 Å². The number of nitrogens with one attached hydrogen (secondary N) is 1. The summed E-state index contributed by atoms with van der Waals surface area (Å²) < 4.78 is 16.6. The van der Waals surface area contributed by atoms with Crippen LogP contribution >= 0.6 is 11.5 Å². The van der Waals surface area contributed by atoms with Crippen LogP contribution in [0.1, 0.15) is 16.2 Å². The van der Waals surface area contributed by atoms with Gasteiger partial charge in [0.15, 0.2) is 0 Å². The lowest BCUT2D eigenvalue weighted by Crippen LogP contribution is -2.11. The van der Waals surface area contributed by atoms with Crippen molar-refractivity contribution in [1.29, 1.82) is 0 Å². The fraction of sp³-hybridized carbons (Fsp3) is 0.100. The highest BCUT2D eigenvalue weighted by molar-refractivity contribution is 7.09. The van der Waals surface area contributed by atoms with E-state index in [9.17, 15) is 9.18 Å². The van der Waals surface area contributed by atoms with Gasteiger partial charge in [-0.05, 0) is 31.2 Å². The van der Waals surface area contributed by atoms with E-state index in [2.05, 4.69) is 14.7 Å². The van der Waals surface area contributed by atoms with Gasteiger partial charge < -0.3 is 0 Å². The fourth-order valence-corrected chi connectivity index (χ4v) is 1.69. The number of rotatable bonds is 2. The summed E-state index contributed by atoms with van der Waals surface area (Å²) >= 11 is 1.11. The molecule has 0 saturated heterocycles. The SMILES string of the molecule is Cc1nsc(NC(=O)c2ccc(F)cc2)n1. The first-order chi connectivity index (χ1) is 7.65. The lowest BCUT2D eigenvalue weighted by atomic mass is 10.2. The number of hydrogen-bond acceptors (Lipinski definition) is 4. The minimum Gasteiger partial charge on any atom is -0.297 e. The van der Waals surface area contributed by atoms with Crippen molar-refractivity contribution in [3.8, 4) is 0 Å². The molecule has 0 atom stereocenters. The van der Waals surface area contributed by atoms with Gasteiger partial charge in [-0.15, -0.1) is 0 Å².